The first kappa shape index (κ1) is 31.6. The molecular formula is C29H41F2N5O5Si. The van der Waals surface area contributed by atoms with E-state index in [9.17, 15) is 18.4 Å². The van der Waals surface area contributed by atoms with E-state index in [2.05, 4.69) is 49.1 Å². The van der Waals surface area contributed by atoms with Crippen molar-refractivity contribution in [3.8, 4) is 5.75 Å². The van der Waals surface area contributed by atoms with Crippen molar-refractivity contribution in [1.29, 1.82) is 0 Å². The van der Waals surface area contributed by atoms with Crippen LogP contribution in [0, 0.1) is 0 Å². The zero-order valence-electron chi connectivity index (χ0n) is 25.4. The highest BCUT2D eigenvalue weighted by atomic mass is 28.4. The average Bonchev–Trinajstić information content (AvgIpc) is 3.45. The van der Waals surface area contributed by atoms with Gasteiger partial charge in [-0.2, -0.15) is 13.8 Å². The molecule has 0 atom stereocenters. The summed E-state index contributed by atoms with van der Waals surface area (Å²) in [6, 6.07) is 4.62. The fraction of sp³-hybridized carbons (Fsp3) is 0.586. The molecule has 42 heavy (non-hydrogen) atoms. The van der Waals surface area contributed by atoms with Crippen LogP contribution in [0.1, 0.15) is 56.8 Å². The molecule has 2 aliphatic rings. The lowest BCUT2D eigenvalue weighted by Gasteiger charge is -2.36. The number of anilines is 4. The summed E-state index contributed by atoms with van der Waals surface area (Å²) in [5.41, 5.74) is 0.974. The standard InChI is InChI=1S/C29H41F2N5O5Si/c1-28(2,3)42(6,7)41-15-14-40-23-16-19(25(37)39-5)12-13-21(23)33-27-32-17-22-24(34-27)36(20-10-8-9-11-20)18-29(30,31)26(38)35(22)4/h12-13,16-17,20H,8-11,14-15,18H2,1-7H3,(H,32,33,34). The first-order valence-electron chi connectivity index (χ1n) is 14.2. The second kappa shape index (κ2) is 12.1. The average molecular weight is 606 g/mol. The number of esters is 1. The fourth-order valence-electron chi connectivity index (χ4n) is 4.88. The van der Waals surface area contributed by atoms with Gasteiger partial charge in [0.2, 0.25) is 5.95 Å². The van der Waals surface area contributed by atoms with Crippen LogP contribution in [0.3, 0.4) is 0 Å². The molecule has 0 spiro atoms. The molecule has 1 fully saturated rings. The van der Waals surface area contributed by atoms with E-state index in [-0.39, 0.29) is 35.1 Å². The fourth-order valence-corrected chi connectivity index (χ4v) is 5.91. The zero-order valence-corrected chi connectivity index (χ0v) is 26.4. The third-order valence-corrected chi connectivity index (χ3v) is 12.9. The summed E-state index contributed by atoms with van der Waals surface area (Å²) >= 11 is 0. The second-order valence-corrected chi connectivity index (χ2v) is 17.1. The van der Waals surface area contributed by atoms with Crippen LogP contribution < -0.4 is 19.9 Å². The Bertz CT molecular complexity index is 1310. The topological polar surface area (TPSA) is 106 Å². The minimum Gasteiger partial charge on any atom is -0.489 e. The third-order valence-electron chi connectivity index (χ3n) is 8.39. The highest BCUT2D eigenvalue weighted by molar-refractivity contribution is 6.74. The monoisotopic (exact) mass is 605 g/mol. The van der Waals surface area contributed by atoms with Crippen LogP contribution in [-0.4, -0.2) is 76.0 Å². The summed E-state index contributed by atoms with van der Waals surface area (Å²) < 4.78 is 47.0. The summed E-state index contributed by atoms with van der Waals surface area (Å²) in [4.78, 5) is 36.3. The van der Waals surface area contributed by atoms with Crippen LogP contribution >= 0.6 is 0 Å². The van der Waals surface area contributed by atoms with Gasteiger partial charge in [0.25, 0.3) is 5.91 Å². The van der Waals surface area contributed by atoms with Crippen LogP contribution in [0.4, 0.5) is 31.9 Å². The van der Waals surface area contributed by atoms with Gasteiger partial charge in [0.1, 0.15) is 18.0 Å². The molecular weight excluding hydrogens is 564 g/mol. The Morgan fingerprint density at radius 1 is 1.19 bits per heavy atom. The molecule has 10 nitrogen and oxygen atoms in total. The van der Waals surface area contributed by atoms with E-state index in [0.717, 1.165) is 30.6 Å². The predicted octanol–water partition coefficient (Wildman–Crippen LogP) is 5.77. The molecule has 1 saturated carbocycles. The van der Waals surface area contributed by atoms with Crippen molar-refractivity contribution in [2.24, 2.45) is 0 Å². The van der Waals surface area contributed by atoms with Gasteiger partial charge in [0.05, 0.1) is 37.7 Å². The van der Waals surface area contributed by atoms with E-state index in [1.165, 1.54) is 20.4 Å². The molecule has 0 unspecified atom stereocenters. The number of nitrogens with zero attached hydrogens (tertiary/aromatic N) is 4. The zero-order chi connectivity index (χ0) is 30.9. The molecule has 13 heteroatoms. The van der Waals surface area contributed by atoms with Crippen molar-refractivity contribution < 1.29 is 32.3 Å². The van der Waals surface area contributed by atoms with Gasteiger partial charge in [0, 0.05) is 13.1 Å². The van der Waals surface area contributed by atoms with Crippen molar-refractivity contribution in [1.82, 2.24) is 9.97 Å². The molecule has 2 aromatic rings. The molecule has 1 aliphatic heterocycles. The second-order valence-electron chi connectivity index (χ2n) is 12.3. The maximum Gasteiger partial charge on any atom is 0.342 e. The van der Waals surface area contributed by atoms with Gasteiger partial charge < -0.3 is 29.0 Å². The number of benzene rings is 1. The largest absolute Gasteiger partial charge is 0.489 e. The molecule has 1 aromatic carbocycles. The number of fused-ring (bicyclic) bond motifs is 1. The molecule has 1 aromatic heterocycles. The number of halogens is 2. The lowest BCUT2D eigenvalue weighted by atomic mass is 10.2. The van der Waals surface area contributed by atoms with Gasteiger partial charge in [0.15, 0.2) is 14.1 Å². The Labute approximate surface area is 246 Å². The molecule has 1 N–H and O–H groups in total. The lowest BCUT2D eigenvalue weighted by molar-refractivity contribution is -0.140. The Morgan fingerprint density at radius 3 is 2.52 bits per heavy atom. The SMILES string of the molecule is COC(=O)c1ccc(Nc2ncc3c(n2)N(C2CCCC2)CC(F)(F)C(=O)N3C)c(OCCO[Si](C)(C)C(C)(C)C)c1. The number of alkyl halides is 2. The molecule has 4 rings (SSSR count). The highest BCUT2D eigenvalue weighted by Crippen LogP contribution is 2.40. The van der Waals surface area contributed by atoms with Crippen molar-refractivity contribution in [2.45, 2.75) is 76.6 Å². The van der Waals surface area contributed by atoms with Crippen LogP contribution in [0.5, 0.6) is 5.75 Å². The number of ether oxygens (including phenoxy) is 2. The first-order valence-corrected chi connectivity index (χ1v) is 17.1. The van der Waals surface area contributed by atoms with Crippen LogP contribution in [0.2, 0.25) is 18.1 Å². The Balaban J connectivity index is 1.63. The van der Waals surface area contributed by atoms with Gasteiger partial charge in [-0.15, -0.1) is 0 Å². The van der Waals surface area contributed by atoms with Crippen LogP contribution in [-0.2, 0) is 14.0 Å². The number of aromatic nitrogens is 2. The van der Waals surface area contributed by atoms with E-state index in [1.807, 2.05) is 0 Å². The summed E-state index contributed by atoms with van der Waals surface area (Å²) in [6.45, 7) is 10.6. The number of carbonyl (C=O) groups is 2. The van der Waals surface area contributed by atoms with E-state index >= 15 is 0 Å². The quantitative estimate of drug-likeness (QED) is 0.217. The number of nitrogens with one attached hydrogen (secondary N) is 1. The van der Waals surface area contributed by atoms with Crippen molar-refractivity contribution in [2.75, 3.05) is 49.0 Å². The van der Waals surface area contributed by atoms with E-state index in [4.69, 9.17) is 13.9 Å². The Morgan fingerprint density at radius 2 is 1.88 bits per heavy atom. The summed E-state index contributed by atoms with van der Waals surface area (Å²) in [6.07, 6.45) is 4.71. The Hall–Kier alpha value is -3.32. The highest BCUT2D eigenvalue weighted by Gasteiger charge is 2.48. The van der Waals surface area contributed by atoms with Gasteiger partial charge >= 0.3 is 11.9 Å². The van der Waals surface area contributed by atoms with Gasteiger partial charge in [-0.05, 0) is 49.2 Å². The van der Waals surface area contributed by atoms with Crippen molar-refractivity contribution in [3.63, 3.8) is 0 Å². The lowest BCUT2D eigenvalue weighted by Crippen LogP contribution is -2.48. The van der Waals surface area contributed by atoms with Crippen molar-refractivity contribution in [3.05, 3.63) is 30.0 Å². The molecule has 0 radical (unpaired) electrons. The third kappa shape index (κ3) is 6.67. The van der Waals surface area contributed by atoms with E-state index in [1.54, 1.807) is 23.1 Å². The number of amides is 1. The normalized spacial score (nSPS) is 17.6. The number of carbonyl (C=O) groups excluding carboxylic acids is 2. The molecule has 2 heterocycles. The minimum atomic E-state index is -3.57. The van der Waals surface area contributed by atoms with Crippen LogP contribution in [0.15, 0.2) is 24.4 Å². The Kier molecular flexibility index (Phi) is 9.12. The smallest absolute Gasteiger partial charge is 0.342 e. The number of rotatable bonds is 9. The molecule has 0 saturated heterocycles. The van der Waals surface area contributed by atoms with Crippen LogP contribution in [0.25, 0.3) is 0 Å². The summed E-state index contributed by atoms with van der Waals surface area (Å²) in [5, 5.41) is 3.16. The summed E-state index contributed by atoms with van der Waals surface area (Å²) in [5.74, 6) is -4.63. The maximum atomic E-state index is 14.9. The molecule has 230 valence electrons. The first-order chi connectivity index (χ1) is 19.6. The van der Waals surface area contributed by atoms with Gasteiger partial charge in [-0.3, -0.25) is 4.79 Å². The van der Waals surface area contributed by atoms with E-state index < -0.39 is 32.7 Å². The summed E-state index contributed by atoms with van der Waals surface area (Å²) in [7, 11) is 0.626. The van der Waals surface area contributed by atoms with Gasteiger partial charge in [-0.1, -0.05) is 33.6 Å². The minimum absolute atomic E-state index is 0.0439. The molecule has 1 aliphatic carbocycles. The number of methoxy groups -OCH3 is 1. The van der Waals surface area contributed by atoms with Crippen molar-refractivity contribution >= 4 is 43.3 Å². The number of hydrogen-bond acceptors (Lipinski definition) is 9. The molecule has 1 amide bonds. The van der Waals surface area contributed by atoms with Gasteiger partial charge in [-0.25, -0.2) is 9.78 Å². The predicted molar refractivity (Wildman–Crippen MR) is 160 cm³/mol. The van der Waals surface area contributed by atoms with E-state index in [0.29, 0.717) is 23.6 Å². The maximum absolute atomic E-state index is 14.9. The number of hydrogen-bond donors (Lipinski definition) is 1. The molecule has 0 bridgehead atoms.